The molecule has 0 aliphatic carbocycles. The first-order valence-electron chi connectivity index (χ1n) is 12.0. The summed E-state index contributed by atoms with van der Waals surface area (Å²) in [6, 6.07) is 10.5. The zero-order valence-corrected chi connectivity index (χ0v) is 19.5. The van der Waals surface area contributed by atoms with Gasteiger partial charge in [-0.3, -0.25) is 34.6 Å². The van der Waals surface area contributed by atoms with E-state index in [2.05, 4.69) is 26.3 Å². The summed E-state index contributed by atoms with van der Waals surface area (Å²) in [6.45, 7) is 2.47. The van der Waals surface area contributed by atoms with E-state index >= 15 is 0 Å². The summed E-state index contributed by atoms with van der Waals surface area (Å²) >= 11 is 0. The number of piperidine rings is 1. The van der Waals surface area contributed by atoms with Crippen LogP contribution in [0.25, 0.3) is 11.3 Å². The number of benzene rings is 1. The van der Waals surface area contributed by atoms with Gasteiger partial charge in [0.05, 0.1) is 11.9 Å². The number of halogens is 1. The van der Waals surface area contributed by atoms with Gasteiger partial charge in [-0.2, -0.15) is 0 Å². The molecule has 36 heavy (non-hydrogen) atoms. The second-order valence-electron chi connectivity index (χ2n) is 9.61. The lowest BCUT2D eigenvalue weighted by Crippen LogP contribution is -2.52. The van der Waals surface area contributed by atoms with Crippen LogP contribution in [-0.4, -0.2) is 56.6 Å². The number of carbonyl (C=O) groups is 3. The van der Waals surface area contributed by atoms with Crippen LogP contribution in [0.2, 0.25) is 0 Å². The molecule has 1 unspecified atom stereocenters. The summed E-state index contributed by atoms with van der Waals surface area (Å²) in [5, 5.41) is 2.31. The van der Waals surface area contributed by atoms with Gasteiger partial charge >= 0.3 is 0 Å². The average Bonchev–Trinajstić information content (AvgIpc) is 3.18. The number of hydrogen-bond donors (Lipinski definition) is 1. The van der Waals surface area contributed by atoms with Crippen molar-refractivity contribution in [3.63, 3.8) is 0 Å². The standard InChI is InChI=1S/C27H24FN5O3/c28-22-11-30-23(9-19(22)12-32-13-20(14-32)17-2-1-7-29-10-17)16-3-4-21-18(8-16)15-33(27(21)36)24-5-6-25(34)31-26(24)35/h1-4,7-11,20,24H,5-6,12-15H2,(H,31,34,35). The zero-order valence-electron chi connectivity index (χ0n) is 19.5. The van der Waals surface area contributed by atoms with Gasteiger partial charge in [0.15, 0.2) is 0 Å². The predicted molar refractivity (Wildman–Crippen MR) is 128 cm³/mol. The number of nitrogens with one attached hydrogen (secondary N) is 1. The fraction of sp³-hybridized carbons (Fsp3) is 0.296. The van der Waals surface area contributed by atoms with Gasteiger partial charge in [-0.1, -0.05) is 12.1 Å². The highest BCUT2D eigenvalue weighted by atomic mass is 19.1. The number of pyridine rings is 2. The molecule has 3 aliphatic rings. The van der Waals surface area contributed by atoms with Crippen molar-refractivity contribution in [2.45, 2.75) is 37.9 Å². The maximum atomic E-state index is 14.6. The Bertz CT molecular complexity index is 1370. The Hall–Kier alpha value is -3.98. The quantitative estimate of drug-likeness (QED) is 0.559. The third kappa shape index (κ3) is 4.05. The van der Waals surface area contributed by atoms with Crippen molar-refractivity contribution >= 4 is 17.7 Å². The maximum absolute atomic E-state index is 14.6. The molecule has 1 atom stereocenters. The van der Waals surface area contributed by atoms with Crippen LogP contribution in [-0.2, 0) is 22.7 Å². The van der Waals surface area contributed by atoms with Gasteiger partial charge in [0.1, 0.15) is 11.9 Å². The van der Waals surface area contributed by atoms with Gasteiger partial charge in [0.25, 0.3) is 5.91 Å². The molecule has 0 saturated carbocycles. The fourth-order valence-corrected chi connectivity index (χ4v) is 5.26. The summed E-state index contributed by atoms with van der Waals surface area (Å²) in [6.07, 6.45) is 5.42. The number of amides is 3. The molecule has 2 saturated heterocycles. The molecule has 9 heteroatoms. The molecule has 0 bridgehead atoms. The van der Waals surface area contributed by atoms with E-state index in [4.69, 9.17) is 0 Å². The van der Waals surface area contributed by atoms with Crippen molar-refractivity contribution in [1.29, 1.82) is 0 Å². The lowest BCUT2D eigenvalue weighted by Gasteiger charge is -2.39. The topological polar surface area (TPSA) is 95.5 Å². The Morgan fingerprint density at radius 1 is 1.08 bits per heavy atom. The summed E-state index contributed by atoms with van der Waals surface area (Å²) in [4.78, 5) is 48.9. The number of aromatic nitrogens is 2. The molecule has 6 rings (SSSR count). The number of likely N-dealkylation sites (tertiary alicyclic amines) is 1. The molecule has 0 radical (unpaired) electrons. The third-order valence-electron chi connectivity index (χ3n) is 7.26. The molecule has 3 amide bonds. The molecule has 1 aromatic carbocycles. The highest BCUT2D eigenvalue weighted by Crippen LogP contribution is 2.32. The Kier molecular flexibility index (Phi) is 5.56. The van der Waals surface area contributed by atoms with Crippen LogP contribution in [0.3, 0.4) is 0 Å². The summed E-state index contributed by atoms with van der Waals surface area (Å²) in [5.41, 5.74) is 4.51. The molecule has 0 spiro atoms. The third-order valence-corrected chi connectivity index (χ3v) is 7.26. The largest absolute Gasteiger partial charge is 0.322 e. The van der Waals surface area contributed by atoms with Crippen LogP contribution in [0.4, 0.5) is 4.39 Å². The minimum atomic E-state index is -0.659. The number of imide groups is 1. The molecular weight excluding hydrogens is 461 g/mol. The van der Waals surface area contributed by atoms with E-state index in [0.717, 1.165) is 24.2 Å². The van der Waals surface area contributed by atoms with Crippen molar-refractivity contribution in [3.8, 4) is 11.3 Å². The van der Waals surface area contributed by atoms with Crippen molar-refractivity contribution in [2.24, 2.45) is 0 Å². The first-order valence-corrected chi connectivity index (χ1v) is 12.0. The Morgan fingerprint density at radius 2 is 1.94 bits per heavy atom. The fourth-order valence-electron chi connectivity index (χ4n) is 5.26. The maximum Gasteiger partial charge on any atom is 0.255 e. The van der Waals surface area contributed by atoms with Crippen molar-refractivity contribution in [2.75, 3.05) is 13.1 Å². The van der Waals surface area contributed by atoms with Crippen LogP contribution >= 0.6 is 0 Å². The van der Waals surface area contributed by atoms with Crippen molar-refractivity contribution in [3.05, 3.63) is 83.1 Å². The van der Waals surface area contributed by atoms with E-state index in [1.54, 1.807) is 24.4 Å². The van der Waals surface area contributed by atoms with E-state index < -0.39 is 11.9 Å². The lowest BCUT2D eigenvalue weighted by molar-refractivity contribution is -0.136. The number of carbonyl (C=O) groups excluding carboxylic acids is 3. The lowest BCUT2D eigenvalue weighted by atomic mass is 9.92. The van der Waals surface area contributed by atoms with E-state index in [0.29, 0.717) is 35.7 Å². The molecule has 2 aromatic heterocycles. The second-order valence-corrected chi connectivity index (χ2v) is 9.61. The van der Waals surface area contributed by atoms with Crippen molar-refractivity contribution < 1.29 is 18.8 Å². The van der Waals surface area contributed by atoms with Gasteiger partial charge in [0.2, 0.25) is 11.8 Å². The van der Waals surface area contributed by atoms with Gasteiger partial charge in [-0.15, -0.1) is 0 Å². The smallest absolute Gasteiger partial charge is 0.255 e. The van der Waals surface area contributed by atoms with Gasteiger partial charge in [-0.05, 0) is 41.8 Å². The van der Waals surface area contributed by atoms with Gasteiger partial charge in [0, 0.05) is 67.6 Å². The van der Waals surface area contributed by atoms with Gasteiger partial charge < -0.3 is 4.90 Å². The first kappa shape index (κ1) is 22.5. The molecule has 3 aromatic rings. The molecule has 2 fully saturated rings. The van der Waals surface area contributed by atoms with Crippen LogP contribution in [0, 0.1) is 5.82 Å². The SMILES string of the molecule is O=C1CCC(N2Cc3cc(-c4cc(CN5CC(c6cccnc6)C5)c(F)cn4)ccc3C2=O)C(=O)N1. The summed E-state index contributed by atoms with van der Waals surface area (Å²) in [7, 11) is 0. The first-order chi connectivity index (χ1) is 17.5. The Morgan fingerprint density at radius 3 is 2.72 bits per heavy atom. The summed E-state index contributed by atoms with van der Waals surface area (Å²) < 4.78 is 14.6. The molecular formula is C27H24FN5O3. The van der Waals surface area contributed by atoms with Crippen LogP contribution in [0.1, 0.15) is 45.8 Å². The normalized spacial score (nSPS) is 20.3. The molecule has 1 N–H and O–H groups in total. The Balaban J connectivity index is 1.17. The molecule has 182 valence electrons. The minimum absolute atomic E-state index is 0.212. The molecule has 8 nitrogen and oxygen atoms in total. The number of rotatable bonds is 5. The van der Waals surface area contributed by atoms with Crippen LogP contribution < -0.4 is 5.32 Å². The minimum Gasteiger partial charge on any atom is -0.322 e. The number of fused-ring (bicyclic) bond motifs is 1. The molecule has 5 heterocycles. The van der Waals surface area contributed by atoms with E-state index in [1.165, 1.54) is 16.7 Å². The van der Waals surface area contributed by atoms with Crippen molar-refractivity contribution in [1.82, 2.24) is 25.1 Å². The zero-order chi connectivity index (χ0) is 24.8. The highest BCUT2D eigenvalue weighted by Gasteiger charge is 2.39. The number of hydrogen-bond acceptors (Lipinski definition) is 6. The number of nitrogens with zero attached hydrogens (tertiary/aromatic N) is 4. The molecule has 3 aliphatic heterocycles. The Labute approximate surface area is 207 Å². The highest BCUT2D eigenvalue weighted by molar-refractivity contribution is 6.05. The van der Waals surface area contributed by atoms with E-state index in [-0.39, 0.29) is 30.6 Å². The summed E-state index contributed by atoms with van der Waals surface area (Å²) in [5.74, 6) is -0.908. The second kappa shape index (κ2) is 8.91. The van der Waals surface area contributed by atoms with Gasteiger partial charge in [-0.25, -0.2) is 4.39 Å². The van der Waals surface area contributed by atoms with E-state index in [1.807, 2.05) is 18.3 Å². The average molecular weight is 486 g/mol. The van der Waals surface area contributed by atoms with Crippen LogP contribution in [0.15, 0.2) is 55.0 Å². The van der Waals surface area contributed by atoms with Crippen LogP contribution in [0.5, 0.6) is 0 Å². The predicted octanol–water partition coefficient (Wildman–Crippen LogP) is 2.64. The monoisotopic (exact) mass is 485 g/mol. The van der Waals surface area contributed by atoms with E-state index in [9.17, 15) is 18.8 Å².